The van der Waals surface area contributed by atoms with Gasteiger partial charge >= 0.3 is 0 Å². The van der Waals surface area contributed by atoms with E-state index < -0.39 is 11.2 Å². The molecule has 146 valence electrons. The van der Waals surface area contributed by atoms with E-state index in [1.54, 1.807) is 14.0 Å². The van der Waals surface area contributed by atoms with Gasteiger partial charge in [-0.2, -0.15) is 0 Å². The molecule has 1 aromatic heterocycles. The molecule has 1 amide bonds. The van der Waals surface area contributed by atoms with Crippen molar-refractivity contribution >= 4 is 17.7 Å². The SMILES string of the molecule is CCOc1ccc(-n2c(SC(C)C(N)=O)nnc2-c2ccc(OC)cc2)cc1. The highest BCUT2D eigenvalue weighted by Gasteiger charge is 2.20. The van der Waals surface area contributed by atoms with Gasteiger partial charge in [-0.15, -0.1) is 10.2 Å². The second-order valence-corrected chi connectivity index (χ2v) is 7.27. The number of nitrogens with zero attached hydrogens (tertiary/aromatic N) is 3. The largest absolute Gasteiger partial charge is 0.497 e. The molecule has 1 heterocycles. The molecule has 2 N–H and O–H groups in total. The maximum absolute atomic E-state index is 11.5. The summed E-state index contributed by atoms with van der Waals surface area (Å²) in [5, 5.41) is 8.80. The van der Waals surface area contributed by atoms with E-state index in [4.69, 9.17) is 15.2 Å². The first kappa shape index (κ1) is 19.8. The lowest BCUT2D eigenvalue weighted by Gasteiger charge is -2.13. The number of primary amides is 1. The summed E-state index contributed by atoms with van der Waals surface area (Å²) in [4.78, 5) is 11.5. The predicted octanol–water partition coefficient (Wildman–Crippen LogP) is 3.31. The van der Waals surface area contributed by atoms with Crippen molar-refractivity contribution in [2.24, 2.45) is 5.73 Å². The van der Waals surface area contributed by atoms with Crippen LogP contribution >= 0.6 is 11.8 Å². The highest BCUT2D eigenvalue weighted by Crippen LogP contribution is 2.31. The van der Waals surface area contributed by atoms with E-state index in [1.807, 2.05) is 60.0 Å². The summed E-state index contributed by atoms with van der Waals surface area (Å²) in [6.45, 7) is 4.28. The van der Waals surface area contributed by atoms with E-state index in [2.05, 4.69) is 10.2 Å². The Hall–Kier alpha value is -3.00. The molecule has 3 aromatic rings. The first-order valence-electron chi connectivity index (χ1n) is 8.82. The van der Waals surface area contributed by atoms with Crippen molar-refractivity contribution < 1.29 is 14.3 Å². The van der Waals surface area contributed by atoms with Crippen LogP contribution in [0.1, 0.15) is 13.8 Å². The molecule has 2 aromatic carbocycles. The number of thioether (sulfide) groups is 1. The van der Waals surface area contributed by atoms with Crippen molar-refractivity contribution in [3.05, 3.63) is 48.5 Å². The third-order valence-electron chi connectivity index (χ3n) is 4.07. The van der Waals surface area contributed by atoms with Crippen LogP contribution in [0, 0.1) is 0 Å². The minimum absolute atomic E-state index is 0.405. The van der Waals surface area contributed by atoms with Gasteiger partial charge in [0.05, 0.1) is 19.0 Å². The number of amides is 1. The summed E-state index contributed by atoms with van der Waals surface area (Å²) >= 11 is 1.27. The van der Waals surface area contributed by atoms with E-state index >= 15 is 0 Å². The third-order valence-corrected chi connectivity index (χ3v) is 5.13. The number of ether oxygens (including phenoxy) is 2. The number of hydrogen-bond donors (Lipinski definition) is 1. The third kappa shape index (κ3) is 4.28. The van der Waals surface area contributed by atoms with Gasteiger partial charge < -0.3 is 15.2 Å². The van der Waals surface area contributed by atoms with Crippen LogP contribution < -0.4 is 15.2 Å². The average molecular weight is 398 g/mol. The predicted molar refractivity (Wildman–Crippen MR) is 109 cm³/mol. The fourth-order valence-corrected chi connectivity index (χ4v) is 3.40. The van der Waals surface area contributed by atoms with Crippen molar-refractivity contribution in [1.29, 1.82) is 0 Å². The second kappa shape index (κ2) is 8.79. The van der Waals surface area contributed by atoms with Crippen molar-refractivity contribution in [2.45, 2.75) is 24.3 Å². The van der Waals surface area contributed by atoms with Crippen LogP contribution in [-0.2, 0) is 4.79 Å². The van der Waals surface area contributed by atoms with Crippen LogP contribution in [0.5, 0.6) is 11.5 Å². The van der Waals surface area contributed by atoms with E-state index in [9.17, 15) is 4.79 Å². The van der Waals surface area contributed by atoms with Crippen molar-refractivity contribution in [1.82, 2.24) is 14.8 Å². The fourth-order valence-electron chi connectivity index (χ4n) is 2.58. The lowest BCUT2D eigenvalue weighted by Crippen LogP contribution is -2.23. The fraction of sp³-hybridized carbons (Fsp3) is 0.250. The van der Waals surface area contributed by atoms with Gasteiger partial charge in [0, 0.05) is 11.3 Å². The first-order valence-corrected chi connectivity index (χ1v) is 9.70. The Labute approximate surface area is 167 Å². The molecule has 0 saturated heterocycles. The van der Waals surface area contributed by atoms with Gasteiger partial charge in [-0.25, -0.2) is 0 Å². The molecule has 0 saturated carbocycles. The molecule has 8 heteroatoms. The zero-order chi connectivity index (χ0) is 20.1. The Bertz CT molecular complexity index is 939. The molecule has 0 aliphatic rings. The van der Waals surface area contributed by atoms with E-state index in [0.717, 1.165) is 22.7 Å². The van der Waals surface area contributed by atoms with Crippen molar-refractivity contribution in [3.8, 4) is 28.6 Å². The molecule has 3 rings (SSSR count). The normalized spacial score (nSPS) is 11.8. The van der Waals surface area contributed by atoms with E-state index in [1.165, 1.54) is 11.8 Å². The van der Waals surface area contributed by atoms with Crippen LogP contribution in [0.3, 0.4) is 0 Å². The maximum Gasteiger partial charge on any atom is 0.230 e. The van der Waals surface area contributed by atoms with Gasteiger partial charge in [0.25, 0.3) is 0 Å². The van der Waals surface area contributed by atoms with Gasteiger partial charge in [-0.05, 0) is 62.4 Å². The molecule has 28 heavy (non-hydrogen) atoms. The first-order chi connectivity index (χ1) is 13.5. The van der Waals surface area contributed by atoms with Crippen LogP contribution in [0.25, 0.3) is 17.1 Å². The Morgan fingerprint density at radius 3 is 2.32 bits per heavy atom. The van der Waals surface area contributed by atoms with Crippen LogP contribution in [0.15, 0.2) is 53.7 Å². The number of hydrogen-bond acceptors (Lipinski definition) is 6. The molecular weight excluding hydrogens is 376 g/mol. The Balaban J connectivity index is 2.06. The number of benzene rings is 2. The average Bonchev–Trinajstić information content (AvgIpc) is 3.12. The Morgan fingerprint density at radius 1 is 1.11 bits per heavy atom. The lowest BCUT2D eigenvalue weighted by atomic mass is 10.2. The molecule has 1 unspecified atom stereocenters. The number of carbonyl (C=O) groups is 1. The maximum atomic E-state index is 11.5. The summed E-state index contributed by atoms with van der Waals surface area (Å²) in [6, 6.07) is 15.2. The topological polar surface area (TPSA) is 92.3 Å². The number of nitrogens with two attached hydrogens (primary N) is 1. The number of carbonyl (C=O) groups excluding carboxylic acids is 1. The van der Waals surface area contributed by atoms with Gasteiger partial charge in [0.15, 0.2) is 11.0 Å². The van der Waals surface area contributed by atoms with Gasteiger partial charge in [-0.1, -0.05) is 11.8 Å². The van der Waals surface area contributed by atoms with Crippen LogP contribution in [0.2, 0.25) is 0 Å². The highest BCUT2D eigenvalue weighted by atomic mass is 32.2. The van der Waals surface area contributed by atoms with E-state index in [0.29, 0.717) is 17.6 Å². The molecule has 0 fully saturated rings. The molecule has 0 aliphatic carbocycles. The summed E-state index contributed by atoms with van der Waals surface area (Å²) < 4.78 is 12.7. The summed E-state index contributed by atoms with van der Waals surface area (Å²) in [6.07, 6.45) is 0. The number of methoxy groups -OCH3 is 1. The highest BCUT2D eigenvalue weighted by molar-refractivity contribution is 8.00. The van der Waals surface area contributed by atoms with Crippen LogP contribution in [0.4, 0.5) is 0 Å². The van der Waals surface area contributed by atoms with Gasteiger partial charge in [-0.3, -0.25) is 9.36 Å². The van der Waals surface area contributed by atoms with Gasteiger partial charge in [0.1, 0.15) is 11.5 Å². The molecule has 1 atom stereocenters. The summed E-state index contributed by atoms with van der Waals surface area (Å²) in [5.74, 6) is 1.79. The standard InChI is InChI=1S/C20H22N4O3S/c1-4-27-17-11-7-15(8-12-17)24-19(14-5-9-16(26-3)10-6-14)22-23-20(24)28-13(2)18(21)25/h5-13H,4H2,1-3H3,(H2,21,25). The zero-order valence-corrected chi connectivity index (χ0v) is 16.8. The molecule has 7 nitrogen and oxygen atoms in total. The molecule has 0 aliphatic heterocycles. The van der Waals surface area contributed by atoms with Crippen molar-refractivity contribution in [2.75, 3.05) is 13.7 Å². The molecular formula is C20H22N4O3S. The molecule has 0 spiro atoms. The van der Waals surface area contributed by atoms with Crippen molar-refractivity contribution in [3.63, 3.8) is 0 Å². The monoisotopic (exact) mass is 398 g/mol. The minimum Gasteiger partial charge on any atom is -0.497 e. The summed E-state index contributed by atoms with van der Waals surface area (Å²) in [5.41, 5.74) is 7.16. The Kier molecular flexibility index (Phi) is 6.20. The quantitative estimate of drug-likeness (QED) is 0.585. The lowest BCUT2D eigenvalue weighted by molar-refractivity contribution is -0.117. The number of rotatable bonds is 8. The molecule has 0 bridgehead atoms. The Morgan fingerprint density at radius 2 is 1.75 bits per heavy atom. The minimum atomic E-state index is -0.436. The summed E-state index contributed by atoms with van der Waals surface area (Å²) in [7, 11) is 1.62. The van der Waals surface area contributed by atoms with E-state index in [-0.39, 0.29) is 0 Å². The van der Waals surface area contributed by atoms with Gasteiger partial charge in [0.2, 0.25) is 5.91 Å². The number of aromatic nitrogens is 3. The van der Waals surface area contributed by atoms with Crippen LogP contribution in [-0.4, -0.2) is 39.6 Å². The second-order valence-electron chi connectivity index (χ2n) is 5.96. The zero-order valence-electron chi connectivity index (χ0n) is 16.0. The molecule has 0 radical (unpaired) electrons. The smallest absolute Gasteiger partial charge is 0.230 e.